The monoisotopic (exact) mass is 325 g/mol. The summed E-state index contributed by atoms with van der Waals surface area (Å²) in [6.45, 7) is 4.01. The third-order valence-electron chi connectivity index (χ3n) is 3.00. The molecule has 0 aliphatic heterocycles. The fourth-order valence-corrected chi connectivity index (χ4v) is 3.47. The lowest BCUT2D eigenvalue weighted by atomic mass is 10.1. The highest BCUT2D eigenvalue weighted by molar-refractivity contribution is 7.89. The molecule has 1 N–H and O–H groups in total. The van der Waals surface area contributed by atoms with Gasteiger partial charge < -0.3 is 0 Å². The number of hydrogen-bond acceptors (Lipinski definition) is 4. The van der Waals surface area contributed by atoms with Gasteiger partial charge in [-0.2, -0.15) is 0 Å². The minimum Gasteiger partial charge on any atom is -0.211 e. The first-order valence-electron chi connectivity index (χ1n) is 6.60. The molecule has 2 rings (SSSR count). The average molecular weight is 326 g/mol. The van der Waals surface area contributed by atoms with Crippen LogP contribution in [0, 0.1) is 0 Å². The Hall–Kier alpha value is -1.50. The van der Waals surface area contributed by atoms with Gasteiger partial charge in [-0.25, -0.2) is 13.1 Å². The molecule has 0 aliphatic carbocycles. The van der Waals surface area contributed by atoms with E-state index in [0.717, 1.165) is 5.56 Å². The maximum absolute atomic E-state index is 12.3. The number of halogens is 1. The van der Waals surface area contributed by atoms with Crippen LogP contribution in [0.1, 0.15) is 19.4 Å². The van der Waals surface area contributed by atoms with Crippen LogP contribution < -0.4 is 4.72 Å². The Morgan fingerprint density at radius 1 is 1.14 bits per heavy atom. The summed E-state index contributed by atoms with van der Waals surface area (Å²) in [5.74, 6) is 0. The van der Waals surface area contributed by atoms with Crippen molar-refractivity contribution in [1.29, 1.82) is 0 Å². The molecule has 1 aromatic heterocycles. The van der Waals surface area contributed by atoms with Crippen LogP contribution in [0.2, 0.25) is 5.15 Å². The van der Waals surface area contributed by atoms with E-state index in [1.165, 1.54) is 0 Å². The molecule has 112 valence electrons. The Balaban J connectivity index is 2.54. The van der Waals surface area contributed by atoms with Crippen molar-refractivity contribution in [3.8, 4) is 11.3 Å². The Morgan fingerprint density at radius 3 is 2.48 bits per heavy atom. The maximum atomic E-state index is 12.3. The van der Waals surface area contributed by atoms with Crippen molar-refractivity contribution < 1.29 is 8.42 Å². The van der Waals surface area contributed by atoms with Gasteiger partial charge in [0.15, 0.2) is 5.15 Å². The number of rotatable bonds is 5. The van der Waals surface area contributed by atoms with Gasteiger partial charge in [-0.3, -0.25) is 0 Å². The Kier molecular flexibility index (Phi) is 4.92. The number of nitrogens with one attached hydrogen (secondary N) is 1. The molecular weight excluding hydrogens is 310 g/mol. The van der Waals surface area contributed by atoms with Crippen molar-refractivity contribution >= 4 is 21.6 Å². The van der Waals surface area contributed by atoms with E-state index in [-0.39, 0.29) is 4.90 Å². The van der Waals surface area contributed by atoms with E-state index in [1.54, 1.807) is 31.2 Å². The van der Waals surface area contributed by atoms with Crippen LogP contribution in [-0.4, -0.2) is 25.2 Å². The molecule has 7 heteroatoms. The molecule has 0 bridgehead atoms. The Morgan fingerprint density at radius 2 is 1.90 bits per heavy atom. The van der Waals surface area contributed by atoms with Crippen molar-refractivity contribution in [2.75, 3.05) is 6.54 Å². The standard InChI is InChI=1S/C14H16ClN3O2S/c1-3-10-5-6-11(12-7-8-14(15)18-17-12)9-13(10)21(19,20)16-4-2/h5-9,16H,3-4H2,1-2H3. The fraction of sp³-hybridized carbons (Fsp3) is 0.286. The summed E-state index contributed by atoms with van der Waals surface area (Å²) in [6.07, 6.45) is 0.631. The molecule has 0 saturated heterocycles. The van der Waals surface area contributed by atoms with Gasteiger partial charge in [-0.05, 0) is 30.2 Å². The molecule has 0 saturated carbocycles. The SMILES string of the molecule is CCNS(=O)(=O)c1cc(-c2ccc(Cl)nn2)ccc1CC. The van der Waals surface area contributed by atoms with Gasteiger partial charge in [0.1, 0.15) is 0 Å². The zero-order chi connectivity index (χ0) is 15.5. The van der Waals surface area contributed by atoms with E-state index < -0.39 is 10.0 Å². The summed E-state index contributed by atoms with van der Waals surface area (Å²) in [6, 6.07) is 8.59. The molecule has 2 aromatic rings. The third kappa shape index (κ3) is 3.58. The van der Waals surface area contributed by atoms with Gasteiger partial charge in [0.2, 0.25) is 10.0 Å². The summed E-state index contributed by atoms with van der Waals surface area (Å²) in [4.78, 5) is 0.279. The van der Waals surface area contributed by atoms with Gasteiger partial charge in [0.05, 0.1) is 10.6 Å². The highest BCUT2D eigenvalue weighted by Crippen LogP contribution is 2.24. The summed E-state index contributed by atoms with van der Waals surface area (Å²) < 4.78 is 27.1. The molecule has 21 heavy (non-hydrogen) atoms. The Labute approximate surface area is 129 Å². The number of hydrogen-bond donors (Lipinski definition) is 1. The molecule has 1 heterocycles. The van der Waals surface area contributed by atoms with Crippen LogP contribution in [0.15, 0.2) is 35.2 Å². The molecule has 1 aromatic carbocycles. The van der Waals surface area contributed by atoms with E-state index in [2.05, 4.69) is 14.9 Å². The first-order chi connectivity index (χ1) is 9.97. The second kappa shape index (κ2) is 6.51. The number of aromatic nitrogens is 2. The smallest absolute Gasteiger partial charge is 0.211 e. The molecule has 0 unspecified atom stereocenters. The average Bonchev–Trinajstić information content (AvgIpc) is 2.47. The van der Waals surface area contributed by atoms with Crippen LogP contribution >= 0.6 is 11.6 Å². The van der Waals surface area contributed by atoms with Crippen molar-refractivity contribution in [2.24, 2.45) is 0 Å². The normalized spacial score (nSPS) is 11.6. The Bertz CT molecular complexity index is 730. The lowest BCUT2D eigenvalue weighted by molar-refractivity contribution is 0.583. The van der Waals surface area contributed by atoms with Crippen LogP contribution in [0.25, 0.3) is 11.3 Å². The van der Waals surface area contributed by atoms with Gasteiger partial charge >= 0.3 is 0 Å². The summed E-state index contributed by atoms with van der Waals surface area (Å²) in [7, 11) is -3.52. The number of benzene rings is 1. The predicted octanol–water partition coefficient (Wildman–Crippen LogP) is 2.66. The van der Waals surface area contributed by atoms with Crippen molar-refractivity contribution in [2.45, 2.75) is 25.2 Å². The minimum absolute atomic E-state index is 0.279. The highest BCUT2D eigenvalue weighted by atomic mass is 35.5. The van der Waals surface area contributed by atoms with Gasteiger partial charge in [-0.15, -0.1) is 10.2 Å². The van der Waals surface area contributed by atoms with E-state index in [4.69, 9.17) is 11.6 Å². The van der Waals surface area contributed by atoms with Crippen molar-refractivity contribution in [3.63, 3.8) is 0 Å². The first-order valence-corrected chi connectivity index (χ1v) is 8.46. The zero-order valence-electron chi connectivity index (χ0n) is 11.8. The molecule has 0 fully saturated rings. The maximum Gasteiger partial charge on any atom is 0.240 e. The van der Waals surface area contributed by atoms with Crippen molar-refractivity contribution in [3.05, 3.63) is 41.0 Å². The molecule has 0 atom stereocenters. The van der Waals surface area contributed by atoms with Crippen LogP contribution in [-0.2, 0) is 16.4 Å². The highest BCUT2D eigenvalue weighted by Gasteiger charge is 2.18. The second-order valence-corrected chi connectivity index (χ2v) is 6.54. The third-order valence-corrected chi connectivity index (χ3v) is 4.83. The molecule has 0 spiro atoms. The number of aryl methyl sites for hydroxylation is 1. The van der Waals surface area contributed by atoms with E-state index in [1.807, 2.05) is 13.0 Å². The lowest BCUT2D eigenvalue weighted by Gasteiger charge is -2.11. The van der Waals surface area contributed by atoms with E-state index in [9.17, 15) is 8.42 Å². The molecule has 0 aliphatic rings. The summed E-state index contributed by atoms with van der Waals surface area (Å²) >= 11 is 5.71. The predicted molar refractivity (Wildman–Crippen MR) is 82.7 cm³/mol. The lowest BCUT2D eigenvalue weighted by Crippen LogP contribution is -2.24. The summed E-state index contributed by atoms with van der Waals surface area (Å²) in [5.41, 5.74) is 2.03. The topological polar surface area (TPSA) is 72.0 Å². The second-order valence-electron chi connectivity index (χ2n) is 4.42. The zero-order valence-corrected chi connectivity index (χ0v) is 13.4. The van der Waals surface area contributed by atoms with Gasteiger partial charge in [0.25, 0.3) is 0 Å². The van der Waals surface area contributed by atoms with Gasteiger partial charge in [-0.1, -0.05) is 37.6 Å². The van der Waals surface area contributed by atoms with Crippen molar-refractivity contribution in [1.82, 2.24) is 14.9 Å². The molecule has 0 amide bonds. The van der Waals surface area contributed by atoms with Gasteiger partial charge in [0, 0.05) is 12.1 Å². The molecular formula is C14H16ClN3O2S. The van der Waals surface area contributed by atoms with E-state index in [0.29, 0.717) is 29.4 Å². The van der Waals surface area contributed by atoms with Crippen LogP contribution in [0.3, 0.4) is 0 Å². The minimum atomic E-state index is -3.52. The number of sulfonamides is 1. The van der Waals surface area contributed by atoms with Crippen LogP contribution in [0.4, 0.5) is 0 Å². The largest absolute Gasteiger partial charge is 0.240 e. The quantitative estimate of drug-likeness (QED) is 0.917. The fourth-order valence-electron chi connectivity index (χ4n) is 1.99. The summed E-state index contributed by atoms with van der Waals surface area (Å²) in [5, 5.41) is 8.05. The number of nitrogens with zero attached hydrogens (tertiary/aromatic N) is 2. The molecule has 5 nitrogen and oxygen atoms in total. The molecule has 0 radical (unpaired) electrons. The van der Waals surface area contributed by atoms with Crippen LogP contribution in [0.5, 0.6) is 0 Å². The van der Waals surface area contributed by atoms with E-state index >= 15 is 0 Å². The first kappa shape index (κ1) is 15.9.